The number of rotatable bonds is 7. The molecule has 7 heteroatoms. The second-order valence-electron chi connectivity index (χ2n) is 9.15. The van der Waals surface area contributed by atoms with E-state index in [4.69, 9.17) is 9.56 Å². The van der Waals surface area contributed by atoms with Crippen molar-refractivity contribution >= 4 is 25.3 Å². The van der Waals surface area contributed by atoms with Crippen molar-refractivity contribution < 1.29 is 8.98 Å². The average molecular weight is 396 g/mol. The summed E-state index contributed by atoms with van der Waals surface area (Å²) in [5.74, 6) is 0.0812. The molecule has 0 saturated carbocycles. The van der Waals surface area contributed by atoms with Gasteiger partial charge < -0.3 is 13.4 Å². The van der Waals surface area contributed by atoms with E-state index in [0.29, 0.717) is 13.0 Å². The first-order valence-corrected chi connectivity index (χ1v) is 13.2. The third-order valence-electron chi connectivity index (χ3n) is 5.62. The van der Waals surface area contributed by atoms with E-state index in [2.05, 4.69) is 44.9 Å². The smallest absolute Gasteiger partial charge is 0.192 e. The number of nitrogens with two attached hydrogens (primary N) is 1. The number of pyridine rings is 1. The van der Waals surface area contributed by atoms with Gasteiger partial charge in [-0.2, -0.15) is 5.14 Å². The van der Waals surface area contributed by atoms with Crippen molar-refractivity contribution in [3.63, 3.8) is 0 Å². The Labute approximate surface area is 161 Å². The average Bonchev–Trinajstić information content (AvgIpc) is 2.98. The van der Waals surface area contributed by atoms with E-state index in [1.807, 2.05) is 36.7 Å². The molecule has 5 nitrogen and oxygen atoms in total. The van der Waals surface area contributed by atoms with Crippen LogP contribution in [0.4, 0.5) is 0 Å². The molecule has 2 atom stereocenters. The van der Waals surface area contributed by atoms with Gasteiger partial charge in [0, 0.05) is 54.5 Å². The van der Waals surface area contributed by atoms with Crippen LogP contribution in [-0.2, 0) is 15.8 Å². The highest BCUT2D eigenvalue weighted by Crippen LogP contribution is 2.39. The normalized spacial score (nSPS) is 16.0. The molecule has 0 radical (unpaired) electrons. The monoisotopic (exact) mass is 395 g/mol. The lowest BCUT2D eigenvalue weighted by Crippen LogP contribution is -2.43. The fraction of sp³-hybridized carbons (Fsp3) is 0.632. The van der Waals surface area contributed by atoms with E-state index in [1.54, 1.807) is 6.20 Å². The molecule has 0 aromatic carbocycles. The van der Waals surface area contributed by atoms with Gasteiger partial charge in [-0.15, -0.1) is 0 Å². The zero-order chi connectivity index (χ0) is 19.8. The minimum absolute atomic E-state index is 0.0812. The number of fused-ring (bicyclic) bond motifs is 1. The largest absolute Gasteiger partial charge is 0.598 e. The van der Waals surface area contributed by atoms with E-state index in [1.165, 1.54) is 0 Å². The summed E-state index contributed by atoms with van der Waals surface area (Å²) in [5, 5.41) is 5.90. The summed E-state index contributed by atoms with van der Waals surface area (Å²) in [4.78, 5) is 4.52. The van der Waals surface area contributed by atoms with Gasteiger partial charge in [0.2, 0.25) is 0 Å². The maximum Gasteiger partial charge on any atom is 0.192 e. The number of hydrogen-bond acceptors (Lipinski definition) is 4. The third kappa shape index (κ3) is 4.70. The van der Waals surface area contributed by atoms with Crippen LogP contribution in [0.5, 0.6) is 0 Å². The summed E-state index contributed by atoms with van der Waals surface area (Å²) < 4.78 is 20.1. The van der Waals surface area contributed by atoms with Crippen LogP contribution in [-0.4, -0.2) is 33.6 Å². The van der Waals surface area contributed by atoms with Crippen LogP contribution in [0.25, 0.3) is 5.65 Å². The van der Waals surface area contributed by atoms with Gasteiger partial charge in [0.15, 0.2) is 8.32 Å². The van der Waals surface area contributed by atoms with Crippen molar-refractivity contribution in [2.75, 3.05) is 6.61 Å². The maximum absolute atomic E-state index is 12.0. The second kappa shape index (κ2) is 7.64. The van der Waals surface area contributed by atoms with E-state index in [-0.39, 0.29) is 11.0 Å². The standard InChI is InChI=1S/C19H33N3O2SSi/c1-18(2,3)26(6,7)24-14-15(13-19(4,5)25(20)23)16-9-8-11-22-12-10-21-17(16)22/h8-12,15H,13-14,20H2,1-7H3. The Kier molecular flexibility index (Phi) is 6.30. The fourth-order valence-corrected chi connectivity index (χ4v) is 4.17. The third-order valence-corrected chi connectivity index (χ3v) is 11.4. The molecule has 146 valence electrons. The Bertz CT molecular complexity index is 738. The van der Waals surface area contributed by atoms with Crippen LogP contribution in [0.1, 0.15) is 52.5 Å². The van der Waals surface area contributed by atoms with Crippen LogP contribution < -0.4 is 5.14 Å². The first-order chi connectivity index (χ1) is 11.8. The SMILES string of the molecule is CC(C)(CC(CO[Si](C)(C)C(C)(C)C)c1cccn2ccnc12)[S+](N)[O-]. The lowest BCUT2D eigenvalue weighted by Gasteiger charge is -2.38. The van der Waals surface area contributed by atoms with Gasteiger partial charge in [-0.05, 0) is 38.0 Å². The lowest BCUT2D eigenvalue weighted by molar-refractivity contribution is 0.250. The molecule has 0 bridgehead atoms. The highest BCUT2D eigenvalue weighted by atomic mass is 32.2. The summed E-state index contributed by atoms with van der Waals surface area (Å²) in [5.41, 5.74) is 2.05. The van der Waals surface area contributed by atoms with Gasteiger partial charge in [0.05, 0.1) is 0 Å². The first kappa shape index (κ1) is 21.4. The molecule has 0 aliphatic rings. The predicted octanol–water partition coefficient (Wildman–Crippen LogP) is 4.23. The lowest BCUT2D eigenvalue weighted by atomic mass is 9.91. The van der Waals surface area contributed by atoms with E-state index < -0.39 is 24.4 Å². The van der Waals surface area contributed by atoms with Crippen LogP contribution >= 0.6 is 0 Å². The first-order valence-electron chi connectivity index (χ1n) is 9.07. The molecule has 0 aliphatic carbocycles. The Morgan fingerprint density at radius 1 is 1.27 bits per heavy atom. The van der Waals surface area contributed by atoms with Gasteiger partial charge in [-0.25, -0.2) is 4.98 Å². The molecule has 2 aromatic heterocycles. The minimum Gasteiger partial charge on any atom is -0.598 e. The topological polar surface area (TPSA) is 75.6 Å². The molecule has 2 rings (SSSR count). The molecular formula is C19H33N3O2SSi. The highest BCUT2D eigenvalue weighted by Gasteiger charge is 2.40. The van der Waals surface area contributed by atoms with Gasteiger partial charge >= 0.3 is 0 Å². The summed E-state index contributed by atoms with van der Waals surface area (Å²) in [6.45, 7) is 15.7. The summed E-state index contributed by atoms with van der Waals surface area (Å²) in [6, 6.07) is 4.12. The molecule has 0 aliphatic heterocycles. The van der Waals surface area contributed by atoms with Crippen LogP contribution in [0.3, 0.4) is 0 Å². The predicted molar refractivity (Wildman–Crippen MR) is 112 cm³/mol. The Morgan fingerprint density at radius 3 is 2.50 bits per heavy atom. The van der Waals surface area contributed by atoms with Crippen molar-refractivity contribution in [2.24, 2.45) is 5.14 Å². The molecule has 0 saturated heterocycles. The summed E-state index contributed by atoms with van der Waals surface area (Å²) >= 11 is -1.41. The molecule has 2 N–H and O–H groups in total. The highest BCUT2D eigenvalue weighted by molar-refractivity contribution is 7.90. The molecule has 26 heavy (non-hydrogen) atoms. The van der Waals surface area contributed by atoms with E-state index in [0.717, 1.165) is 11.2 Å². The number of hydrogen-bond donors (Lipinski definition) is 1. The molecule has 2 heterocycles. The van der Waals surface area contributed by atoms with Crippen molar-refractivity contribution in [1.29, 1.82) is 0 Å². The Hall–Kier alpha value is -0.863. The zero-order valence-corrected chi connectivity index (χ0v) is 18.9. The Morgan fingerprint density at radius 2 is 1.92 bits per heavy atom. The number of imidazole rings is 1. The molecule has 0 spiro atoms. The number of aromatic nitrogens is 2. The van der Waals surface area contributed by atoms with Gasteiger partial charge in [0.25, 0.3) is 0 Å². The Balaban J connectivity index is 2.35. The van der Waals surface area contributed by atoms with Crippen molar-refractivity contribution in [1.82, 2.24) is 9.38 Å². The van der Waals surface area contributed by atoms with Crippen LogP contribution in [0.15, 0.2) is 30.7 Å². The molecule has 2 unspecified atom stereocenters. The fourth-order valence-electron chi connectivity index (χ4n) is 2.75. The van der Waals surface area contributed by atoms with Crippen molar-refractivity contribution in [3.05, 3.63) is 36.3 Å². The van der Waals surface area contributed by atoms with Crippen LogP contribution in [0.2, 0.25) is 18.1 Å². The molecule has 0 fully saturated rings. The van der Waals surface area contributed by atoms with Gasteiger partial charge in [0.1, 0.15) is 10.4 Å². The van der Waals surface area contributed by atoms with E-state index in [9.17, 15) is 4.55 Å². The number of nitrogens with zero attached hydrogens (tertiary/aromatic N) is 2. The second-order valence-corrected chi connectivity index (χ2v) is 15.7. The van der Waals surface area contributed by atoms with Gasteiger partial charge in [-0.3, -0.25) is 0 Å². The molecule has 2 aromatic rings. The van der Waals surface area contributed by atoms with Gasteiger partial charge in [-0.1, -0.05) is 26.8 Å². The van der Waals surface area contributed by atoms with Crippen LogP contribution in [0, 0.1) is 0 Å². The quantitative estimate of drug-likeness (QED) is 0.562. The summed E-state index contributed by atoms with van der Waals surface area (Å²) in [7, 11) is -1.89. The van der Waals surface area contributed by atoms with E-state index >= 15 is 0 Å². The molecule has 0 amide bonds. The molecular weight excluding hydrogens is 362 g/mol. The summed E-state index contributed by atoms with van der Waals surface area (Å²) in [6.07, 6.45) is 6.41. The van der Waals surface area contributed by atoms with Crippen molar-refractivity contribution in [3.8, 4) is 0 Å². The maximum atomic E-state index is 12.0. The van der Waals surface area contributed by atoms with Crippen molar-refractivity contribution in [2.45, 2.75) is 69.8 Å². The zero-order valence-electron chi connectivity index (χ0n) is 17.1. The minimum atomic E-state index is -1.89.